The first kappa shape index (κ1) is 18.0. The molecule has 0 bridgehead atoms. The predicted octanol–water partition coefficient (Wildman–Crippen LogP) is 6.06. The molecular weight excluding hydrogens is 278 g/mol. The van der Waals surface area contributed by atoms with Crippen molar-refractivity contribution in [3.63, 3.8) is 0 Å². The number of nitrogens with zero attached hydrogens (tertiary/aromatic N) is 1. The van der Waals surface area contributed by atoms with Crippen LogP contribution in [0.2, 0.25) is 0 Å². The largest absolute Gasteiger partial charge is 0.303 e. The lowest BCUT2D eigenvalue weighted by Gasteiger charge is -2.20. The molecule has 0 atom stereocenters. The summed E-state index contributed by atoms with van der Waals surface area (Å²) in [4.78, 5) is 2.63. The van der Waals surface area contributed by atoms with Crippen LogP contribution in [0.4, 0.5) is 0 Å². The van der Waals surface area contributed by atoms with Gasteiger partial charge in [0.15, 0.2) is 0 Å². The summed E-state index contributed by atoms with van der Waals surface area (Å²) in [6.45, 7) is 8.39. The maximum atomic E-state index is 2.63. The van der Waals surface area contributed by atoms with Crippen molar-refractivity contribution < 1.29 is 0 Å². The molecule has 2 aromatic rings. The van der Waals surface area contributed by atoms with Crippen molar-refractivity contribution in [2.24, 2.45) is 0 Å². The van der Waals surface area contributed by atoms with Gasteiger partial charge in [-0.3, -0.25) is 0 Å². The Labute approximate surface area is 142 Å². The third-order valence-corrected chi connectivity index (χ3v) is 4.63. The van der Waals surface area contributed by atoms with Crippen LogP contribution in [0, 0.1) is 0 Å². The highest BCUT2D eigenvalue weighted by Crippen LogP contribution is 2.20. The maximum absolute atomic E-state index is 2.63. The SMILES string of the molecule is CCCN(CCC)CCCCCCc1cccc2ccccc12. The monoisotopic (exact) mass is 311 g/mol. The smallest absolute Gasteiger partial charge is 0.00187 e. The van der Waals surface area contributed by atoms with Crippen LogP contribution in [-0.4, -0.2) is 24.5 Å². The summed E-state index contributed by atoms with van der Waals surface area (Å²) < 4.78 is 0. The number of aryl methyl sites for hydroxylation is 1. The molecule has 0 aliphatic heterocycles. The van der Waals surface area contributed by atoms with Crippen LogP contribution < -0.4 is 0 Å². The van der Waals surface area contributed by atoms with Crippen molar-refractivity contribution in [2.75, 3.05) is 19.6 Å². The lowest BCUT2D eigenvalue weighted by atomic mass is 9.99. The average molecular weight is 312 g/mol. The maximum Gasteiger partial charge on any atom is -0.00187 e. The van der Waals surface area contributed by atoms with E-state index in [1.807, 2.05) is 0 Å². The number of hydrogen-bond acceptors (Lipinski definition) is 1. The summed E-state index contributed by atoms with van der Waals surface area (Å²) in [5, 5.41) is 2.81. The molecule has 2 aromatic carbocycles. The molecule has 0 aromatic heterocycles. The van der Waals surface area contributed by atoms with Gasteiger partial charge < -0.3 is 4.90 Å². The first-order chi connectivity index (χ1) is 11.3. The van der Waals surface area contributed by atoms with Crippen LogP contribution in [0.5, 0.6) is 0 Å². The van der Waals surface area contributed by atoms with Gasteiger partial charge in [-0.25, -0.2) is 0 Å². The first-order valence-electron chi connectivity index (χ1n) is 9.54. The Kier molecular flexibility index (Phi) is 8.17. The van der Waals surface area contributed by atoms with Gasteiger partial charge in [0.2, 0.25) is 0 Å². The molecule has 0 spiro atoms. The molecule has 23 heavy (non-hydrogen) atoms. The minimum atomic E-state index is 1.22. The number of hydrogen-bond donors (Lipinski definition) is 0. The fraction of sp³-hybridized carbons (Fsp3) is 0.545. The van der Waals surface area contributed by atoms with Crippen molar-refractivity contribution in [1.29, 1.82) is 0 Å². The first-order valence-corrected chi connectivity index (χ1v) is 9.54. The third kappa shape index (κ3) is 5.99. The molecular formula is C22H33N. The van der Waals surface area contributed by atoms with Crippen LogP contribution in [0.15, 0.2) is 42.5 Å². The molecule has 0 aliphatic carbocycles. The lowest BCUT2D eigenvalue weighted by Crippen LogP contribution is -2.26. The molecule has 0 saturated carbocycles. The van der Waals surface area contributed by atoms with Crippen LogP contribution in [0.1, 0.15) is 57.9 Å². The summed E-state index contributed by atoms with van der Waals surface area (Å²) in [6, 6.07) is 15.5. The van der Waals surface area contributed by atoms with E-state index < -0.39 is 0 Å². The molecule has 0 amide bonds. The summed E-state index contributed by atoms with van der Waals surface area (Å²) in [5.41, 5.74) is 1.52. The quantitative estimate of drug-likeness (QED) is 0.456. The summed E-state index contributed by atoms with van der Waals surface area (Å²) in [6.07, 6.45) is 9.17. The molecule has 0 unspecified atom stereocenters. The molecule has 1 heteroatoms. The Morgan fingerprint density at radius 3 is 2.17 bits per heavy atom. The number of benzene rings is 2. The Morgan fingerprint density at radius 1 is 0.696 bits per heavy atom. The molecule has 0 saturated heterocycles. The number of fused-ring (bicyclic) bond motifs is 1. The van der Waals surface area contributed by atoms with Gasteiger partial charge in [0.1, 0.15) is 0 Å². The zero-order valence-electron chi connectivity index (χ0n) is 15.1. The van der Waals surface area contributed by atoms with E-state index in [9.17, 15) is 0 Å². The molecule has 0 radical (unpaired) electrons. The van der Waals surface area contributed by atoms with Crippen LogP contribution in [0.25, 0.3) is 10.8 Å². The van der Waals surface area contributed by atoms with E-state index in [0.29, 0.717) is 0 Å². The van der Waals surface area contributed by atoms with Crippen molar-refractivity contribution >= 4 is 10.8 Å². The molecule has 1 nitrogen and oxygen atoms in total. The second-order valence-electron chi connectivity index (χ2n) is 6.64. The van der Waals surface area contributed by atoms with E-state index in [1.165, 1.54) is 80.9 Å². The molecule has 126 valence electrons. The van der Waals surface area contributed by atoms with Gasteiger partial charge in [0.25, 0.3) is 0 Å². The van der Waals surface area contributed by atoms with Gasteiger partial charge in [0.05, 0.1) is 0 Å². The normalized spacial score (nSPS) is 11.4. The standard InChI is InChI=1S/C22H33N/c1-3-17-23(18-4-2)19-10-6-5-7-12-20-14-11-15-21-13-8-9-16-22(20)21/h8-9,11,13-16H,3-7,10,12,17-19H2,1-2H3. The predicted molar refractivity (Wildman–Crippen MR) is 103 cm³/mol. The highest BCUT2D eigenvalue weighted by molar-refractivity contribution is 5.85. The van der Waals surface area contributed by atoms with Crippen molar-refractivity contribution in [3.05, 3.63) is 48.0 Å². The molecule has 0 fully saturated rings. The van der Waals surface area contributed by atoms with Crippen LogP contribution in [-0.2, 0) is 6.42 Å². The zero-order chi connectivity index (χ0) is 16.3. The second kappa shape index (κ2) is 10.4. The summed E-state index contributed by atoms with van der Waals surface area (Å²) in [5.74, 6) is 0. The van der Waals surface area contributed by atoms with Crippen molar-refractivity contribution in [3.8, 4) is 0 Å². The second-order valence-corrected chi connectivity index (χ2v) is 6.64. The van der Waals surface area contributed by atoms with Crippen LogP contribution in [0.3, 0.4) is 0 Å². The average Bonchev–Trinajstić information content (AvgIpc) is 2.58. The Hall–Kier alpha value is -1.34. The zero-order valence-corrected chi connectivity index (χ0v) is 15.1. The van der Waals surface area contributed by atoms with Gasteiger partial charge in [-0.2, -0.15) is 0 Å². The van der Waals surface area contributed by atoms with Gasteiger partial charge in [0, 0.05) is 0 Å². The van der Waals surface area contributed by atoms with E-state index in [1.54, 1.807) is 0 Å². The minimum absolute atomic E-state index is 1.22. The Bertz CT molecular complexity index is 549. The van der Waals surface area contributed by atoms with Gasteiger partial charge in [-0.1, -0.05) is 69.2 Å². The van der Waals surface area contributed by atoms with Gasteiger partial charge in [-0.15, -0.1) is 0 Å². The molecule has 0 aliphatic rings. The summed E-state index contributed by atoms with van der Waals surface area (Å²) >= 11 is 0. The van der Waals surface area contributed by atoms with Crippen molar-refractivity contribution in [2.45, 2.75) is 58.8 Å². The van der Waals surface area contributed by atoms with Crippen LogP contribution >= 0.6 is 0 Å². The van der Waals surface area contributed by atoms with E-state index >= 15 is 0 Å². The molecule has 2 rings (SSSR count). The minimum Gasteiger partial charge on any atom is -0.303 e. The highest BCUT2D eigenvalue weighted by atomic mass is 15.1. The third-order valence-electron chi connectivity index (χ3n) is 4.63. The van der Waals surface area contributed by atoms with Gasteiger partial charge in [-0.05, 0) is 68.1 Å². The highest BCUT2D eigenvalue weighted by Gasteiger charge is 2.03. The molecule has 0 heterocycles. The fourth-order valence-electron chi connectivity index (χ4n) is 3.48. The topological polar surface area (TPSA) is 3.24 Å². The fourth-order valence-corrected chi connectivity index (χ4v) is 3.48. The Morgan fingerprint density at radius 2 is 1.39 bits per heavy atom. The van der Waals surface area contributed by atoms with Gasteiger partial charge >= 0.3 is 0 Å². The summed E-state index contributed by atoms with van der Waals surface area (Å²) in [7, 11) is 0. The Balaban J connectivity index is 1.69. The molecule has 0 N–H and O–H groups in total. The van der Waals surface area contributed by atoms with E-state index in [0.717, 1.165) is 0 Å². The van der Waals surface area contributed by atoms with E-state index in [-0.39, 0.29) is 0 Å². The van der Waals surface area contributed by atoms with E-state index in [4.69, 9.17) is 0 Å². The van der Waals surface area contributed by atoms with E-state index in [2.05, 4.69) is 61.2 Å². The van der Waals surface area contributed by atoms with Crippen molar-refractivity contribution in [1.82, 2.24) is 4.90 Å². The number of unbranched alkanes of at least 4 members (excludes halogenated alkanes) is 3. The lowest BCUT2D eigenvalue weighted by molar-refractivity contribution is 0.268. The number of rotatable bonds is 11.